The zero-order valence-corrected chi connectivity index (χ0v) is 28.1. The molecular weight excluding hydrogens is 580 g/mol. The third-order valence-electron chi connectivity index (χ3n) is 9.36. The van der Waals surface area contributed by atoms with Crippen LogP contribution in [0.25, 0.3) is 11.1 Å². The molecule has 2 fully saturated rings. The molecule has 1 unspecified atom stereocenters. The van der Waals surface area contributed by atoms with E-state index in [9.17, 15) is 14.7 Å². The second-order valence-electron chi connectivity index (χ2n) is 12.7. The Morgan fingerprint density at radius 1 is 1.11 bits per heavy atom. The third kappa shape index (κ3) is 7.69. The number of hydrogen-bond acceptors (Lipinski definition) is 8. The molecule has 2 aliphatic rings. The first-order chi connectivity index (χ1) is 22.2. The summed E-state index contributed by atoms with van der Waals surface area (Å²) >= 11 is 0. The Bertz CT molecular complexity index is 1540. The predicted molar refractivity (Wildman–Crippen MR) is 183 cm³/mol. The number of carbonyl (C=O) groups excluding carboxylic acids is 1. The molecule has 3 N–H and O–H groups in total. The molecule has 1 atom stereocenters. The number of piperazine rings is 1. The maximum Gasteiger partial charge on any atom is 0.252 e. The van der Waals surface area contributed by atoms with Gasteiger partial charge in [0.05, 0.1) is 0 Å². The van der Waals surface area contributed by atoms with Crippen LogP contribution in [0.5, 0.6) is 0 Å². The van der Waals surface area contributed by atoms with Crippen LogP contribution in [-0.2, 0) is 22.5 Å². The summed E-state index contributed by atoms with van der Waals surface area (Å²) in [6, 6.07) is 10.2. The zero-order chi connectivity index (χ0) is 32.8. The normalized spacial score (nSPS) is 16.9. The van der Waals surface area contributed by atoms with Crippen molar-refractivity contribution in [3.63, 3.8) is 0 Å². The topological polar surface area (TPSA) is 114 Å². The van der Waals surface area contributed by atoms with Crippen LogP contribution in [0.4, 0.5) is 11.5 Å². The molecule has 2 aromatic heterocycles. The quantitative estimate of drug-likeness (QED) is 0.266. The van der Waals surface area contributed by atoms with E-state index in [1.165, 1.54) is 0 Å². The Labute approximate surface area is 272 Å². The van der Waals surface area contributed by atoms with Gasteiger partial charge in [0.1, 0.15) is 12.0 Å². The zero-order valence-electron chi connectivity index (χ0n) is 28.1. The van der Waals surface area contributed by atoms with Crippen molar-refractivity contribution >= 4 is 17.4 Å². The van der Waals surface area contributed by atoms with Gasteiger partial charge in [-0.15, -0.1) is 0 Å². The predicted octanol–water partition coefficient (Wildman–Crippen LogP) is 4.46. The molecule has 248 valence electrons. The Morgan fingerprint density at radius 2 is 1.85 bits per heavy atom. The van der Waals surface area contributed by atoms with Crippen molar-refractivity contribution < 1.29 is 14.6 Å². The number of benzene rings is 1. The summed E-state index contributed by atoms with van der Waals surface area (Å²) in [6.07, 6.45) is 4.39. The fourth-order valence-corrected chi connectivity index (χ4v) is 6.63. The number of rotatable bonds is 11. The van der Waals surface area contributed by atoms with E-state index in [2.05, 4.69) is 52.3 Å². The molecule has 10 heteroatoms. The van der Waals surface area contributed by atoms with E-state index in [-0.39, 0.29) is 24.1 Å². The first kappa shape index (κ1) is 33.8. The minimum absolute atomic E-state index is 0.00792. The fourth-order valence-electron chi connectivity index (χ4n) is 6.63. The summed E-state index contributed by atoms with van der Waals surface area (Å²) in [5.74, 6) is 0.988. The number of aliphatic hydroxyl groups excluding tert-OH is 1. The van der Waals surface area contributed by atoms with Crippen LogP contribution in [0.15, 0.2) is 41.3 Å². The second kappa shape index (κ2) is 15.3. The highest BCUT2D eigenvalue weighted by Crippen LogP contribution is 2.36. The molecule has 0 radical (unpaired) electrons. The Hall–Kier alpha value is -3.57. The van der Waals surface area contributed by atoms with Gasteiger partial charge in [-0.05, 0) is 87.2 Å². The number of hydrogen-bond donors (Lipinski definition) is 3. The van der Waals surface area contributed by atoms with Crippen LogP contribution in [0.2, 0.25) is 0 Å². The number of aliphatic hydroxyl groups is 1. The van der Waals surface area contributed by atoms with Crippen LogP contribution < -0.4 is 20.7 Å². The Balaban J connectivity index is 1.52. The molecule has 46 heavy (non-hydrogen) atoms. The molecule has 3 aromatic rings. The molecule has 4 heterocycles. The van der Waals surface area contributed by atoms with Crippen molar-refractivity contribution in [3.8, 4) is 11.1 Å². The number of anilines is 2. The second-order valence-corrected chi connectivity index (χ2v) is 12.7. The summed E-state index contributed by atoms with van der Waals surface area (Å²) in [5.41, 5.74) is 6.36. The number of nitrogens with zero attached hydrogens (tertiary/aromatic N) is 4. The molecule has 1 amide bonds. The van der Waals surface area contributed by atoms with E-state index in [4.69, 9.17) is 9.72 Å². The lowest BCUT2D eigenvalue weighted by Crippen LogP contribution is -2.44. The highest BCUT2D eigenvalue weighted by atomic mass is 16.5. The van der Waals surface area contributed by atoms with Crippen LogP contribution in [0.3, 0.4) is 0 Å². The lowest BCUT2D eigenvalue weighted by molar-refractivity contribution is -0.119. The number of likely N-dealkylation sites (N-methyl/N-ethyl adjacent to an activating group) is 1. The van der Waals surface area contributed by atoms with Crippen LogP contribution in [-0.4, -0.2) is 78.4 Å². The van der Waals surface area contributed by atoms with E-state index >= 15 is 0 Å². The van der Waals surface area contributed by atoms with Gasteiger partial charge in [0.15, 0.2) is 0 Å². The van der Waals surface area contributed by atoms with Gasteiger partial charge >= 0.3 is 0 Å². The number of aromatic amines is 1. The van der Waals surface area contributed by atoms with Crippen LogP contribution >= 0.6 is 0 Å². The highest BCUT2D eigenvalue weighted by Gasteiger charge is 2.29. The largest absolute Gasteiger partial charge is 0.381 e. The SMILES string of the molecule is CCCc1cc(C)[nH]c(=O)c1CNC(O)c1cc(-c2ccc(N3CCN(C)CC3)nc2)cc(N(C(=O)CC)C2CCOCC2)c1C. The number of pyridine rings is 2. The number of aryl methyl sites for hydroxylation is 2. The average molecular weight is 631 g/mol. The van der Waals surface area contributed by atoms with Gasteiger partial charge in [-0.1, -0.05) is 20.3 Å². The van der Waals surface area contributed by atoms with Crippen molar-refractivity contribution in [2.24, 2.45) is 0 Å². The van der Waals surface area contributed by atoms with Crippen molar-refractivity contribution in [2.45, 2.75) is 78.6 Å². The molecule has 0 aliphatic carbocycles. The summed E-state index contributed by atoms with van der Waals surface area (Å²) in [5, 5.41) is 14.9. The smallest absolute Gasteiger partial charge is 0.252 e. The van der Waals surface area contributed by atoms with E-state index in [0.717, 1.165) is 91.3 Å². The molecule has 10 nitrogen and oxygen atoms in total. The van der Waals surface area contributed by atoms with Gasteiger partial charge in [-0.2, -0.15) is 0 Å². The van der Waals surface area contributed by atoms with Gasteiger partial charge in [0.2, 0.25) is 5.91 Å². The van der Waals surface area contributed by atoms with E-state index in [1.54, 1.807) is 0 Å². The number of nitrogens with one attached hydrogen (secondary N) is 2. The maximum atomic E-state index is 13.6. The van der Waals surface area contributed by atoms with E-state index in [0.29, 0.717) is 30.8 Å². The van der Waals surface area contributed by atoms with Crippen molar-refractivity contribution in [2.75, 3.05) is 56.2 Å². The van der Waals surface area contributed by atoms with Gasteiger partial charge < -0.3 is 29.5 Å². The lowest BCUT2D eigenvalue weighted by Gasteiger charge is -2.36. The van der Waals surface area contributed by atoms with Gasteiger partial charge in [-0.3, -0.25) is 14.9 Å². The molecule has 0 spiro atoms. The maximum absolute atomic E-state index is 13.6. The monoisotopic (exact) mass is 630 g/mol. The summed E-state index contributed by atoms with van der Waals surface area (Å²) in [7, 11) is 2.14. The van der Waals surface area contributed by atoms with Crippen molar-refractivity contribution in [1.82, 2.24) is 20.2 Å². The Morgan fingerprint density at radius 3 is 2.50 bits per heavy atom. The fraction of sp³-hybridized carbons (Fsp3) is 0.528. The molecule has 5 rings (SSSR count). The molecule has 1 aromatic carbocycles. The molecule has 2 saturated heterocycles. The van der Waals surface area contributed by atoms with Gasteiger partial charge in [0.25, 0.3) is 5.56 Å². The first-order valence-corrected chi connectivity index (χ1v) is 16.8. The van der Waals surface area contributed by atoms with E-state index in [1.807, 2.05) is 44.0 Å². The van der Waals surface area contributed by atoms with Gasteiger partial charge in [-0.25, -0.2) is 4.98 Å². The van der Waals surface area contributed by atoms with Crippen LogP contribution in [0, 0.1) is 13.8 Å². The summed E-state index contributed by atoms with van der Waals surface area (Å²) in [4.78, 5) is 40.8. The van der Waals surface area contributed by atoms with Crippen LogP contribution in [0.1, 0.15) is 73.7 Å². The highest BCUT2D eigenvalue weighted by molar-refractivity contribution is 5.95. The molecular formula is C36H50N6O4. The van der Waals surface area contributed by atoms with Crippen molar-refractivity contribution in [1.29, 1.82) is 0 Å². The third-order valence-corrected chi connectivity index (χ3v) is 9.36. The summed E-state index contributed by atoms with van der Waals surface area (Å²) in [6.45, 7) is 13.1. The standard InChI is InChI=1S/C36H50N6O4/c1-6-8-26-19-24(3)39-36(45)31(26)23-38-35(44)30-20-28(27-9-10-33(37-22-27)41-15-13-40(5)14-16-41)21-32(25(30)4)42(34(43)7-2)29-11-17-46-18-12-29/h9-10,19-22,29,35,38,44H,6-8,11-18,23H2,1-5H3,(H,39,45). The minimum Gasteiger partial charge on any atom is -0.381 e. The summed E-state index contributed by atoms with van der Waals surface area (Å²) < 4.78 is 5.64. The Kier molecular flexibility index (Phi) is 11.3. The minimum atomic E-state index is -1.07. The number of ether oxygens (including phenoxy) is 1. The number of carbonyl (C=O) groups is 1. The number of aromatic nitrogens is 2. The molecule has 0 bridgehead atoms. The van der Waals surface area contributed by atoms with Crippen molar-refractivity contribution in [3.05, 3.63) is 74.8 Å². The number of H-pyrrole nitrogens is 1. The molecule has 2 aliphatic heterocycles. The number of amides is 1. The van der Waals surface area contributed by atoms with Gasteiger partial charge in [0, 0.05) is 92.7 Å². The lowest BCUT2D eigenvalue weighted by atomic mass is 9.95. The van der Waals surface area contributed by atoms with E-state index < -0.39 is 6.23 Å². The average Bonchev–Trinajstić information content (AvgIpc) is 3.06. The first-order valence-electron chi connectivity index (χ1n) is 16.8. The molecule has 0 saturated carbocycles.